The molecule has 0 saturated carbocycles. The zero-order valence-electron chi connectivity index (χ0n) is 14.9. The number of nitrogens with one attached hydrogen (secondary N) is 1. The molecule has 3 N–H and O–H groups in total. The highest BCUT2D eigenvalue weighted by Crippen LogP contribution is 2.27. The van der Waals surface area contributed by atoms with Gasteiger partial charge in [-0.3, -0.25) is 10.2 Å². The lowest BCUT2D eigenvalue weighted by atomic mass is 10.1. The zero-order valence-corrected chi connectivity index (χ0v) is 14.9. The van der Waals surface area contributed by atoms with E-state index in [1.807, 2.05) is 55.5 Å². The van der Waals surface area contributed by atoms with Crippen LogP contribution < -0.4 is 15.5 Å². The molecule has 2 aromatic carbocycles. The molecular formula is C21H23N2O3+. The summed E-state index contributed by atoms with van der Waals surface area (Å²) >= 11 is 0. The smallest absolute Gasteiger partial charge is 0.262 e. The normalized spacial score (nSPS) is 11.2. The lowest BCUT2D eigenvalue weighted by molar-refractivity contribution is -0.119. The van der Waals surface area contributed by atoms with Crippen molar-refractivity contribution in [1.82, 2.24) is 0 Å². The van der Waals surface area contributed by atoms with E-state index in [2.05, 4.69) is 5.32 Å². The molecule has 0 aliphatic heterocycles. The van der Waals surface area contributed by atoms with Crippen molar-refractivity contribution in [1.29, 1.82) is 0 Å². The van der Waals surface area contributed by atoms with Crippen molar-refractivity contribution in [3.05, 3.63) is 78.1 Å². The van der Waals surface area contributed by atoms with Gasteiger partial charge in [-0.25, -0.2) is 0 Å². The fourth-order valence-corrected chi connectivity index (χ4v) is 2.35. The molecule has 0 atom stereocenters. The van der Waals surface area contributed by atoms with Crippen molar-refractivity contribution in [2.45, 2.75) is 6.92 Å². The second kappa shape index (κ2) is 9.84. The second-order valence-corrected chi connectivity index (χ2v) is 5.50. The summed E-state index contributed by atoms with van der Waals surface area (Å²) in [6.45, 7) is 1.79. The van der Waals surface area contributed by atoms with Gasteiger partial charge in [0.1, 0.15) is 5.75 Å². The van der Waals surface area contributed by atoms with E-state index in [0.29, 0.717) is 11.4 Å². The minimum absolute atomic E-state index is 0.117. The topological polar surface area (TPSA) is 73.2 Å². The Bertz CT molecular complexity index is 811. The van der Waals surface area contributed by atoms with E-state index >= 15 is 0 Å². The van der Waals surface area contributed by atoms with Crippen LogP contribution in [0.3, 0.4) is 0 Å². The van der Waals surface area contributed by atoms with Gasteiger partial charge in [0.2, 0.25) is 0 Å². The molecule has 26 heavy (non-hydrogen) atoms. The lowest BCUT2D eigenvalue weighted by Gasteiger charge is -2.12. The molecule has 134 valence electrons. The summed E-state index contributed by atoms with van der Waals surface area (Å²) in [5.74, 6) is 0.343. The minimum Gasteiger partial charge on any atom is -0.495 e. The number of ether oxygens (including phenoxy) is 2. The first-order valence-electron chi connectivity index (χ1n) is 8.18. The Balaban J connectivity index is 2.04. The summed E-state index contributed by atoms with van der Waals surface area (Å²) in [6.07, 6.45) is 6.51. The molecular weight excluding hydrogens is 328 g/mol. The first-order valence-corrected chi connectivity index (χ1v) is 8.18. The third kappa shape index (κ3) is 5.34. The predicted molar refractivity (Wildman–Crippen MR) is 104 cm³/mol. The van der Waals surface area contributed by atoms with Crippen molar-refractivity contribution >= 4 is 23.4 Å². The number of benzene rings is 2. The highest BCUT2D eigenvalue weighted by Gasteiger charge is 2.10. The number of hydrogen-bond acceptors (Lipinski definition) is 3. The first kappa shape index (κ1) is 19.0. The van der Waals surface area contributed by atoms with Crippen molar-refractivity contribution in [2.75, 3.05) is 19.0 Å². The van der Waals surface area contributed by atoms with Gasteiger partial charge < -0.3 is 14.8 Å². The van der Waals surface area contributed by atoms with Gasteiger partial charge >= 0.3 is 0 Å². The van der Waals surface area contributed by atoms with Crippen LogP contribution in [0.5, 0.6) is 5.75 Å². The van der Waals surface area contributed by atoms with Gasteiger partial charge in [-0.1, -0.05) is 42.5 Å². The van der Waals surface area contributed by atoms with Crippen LogP contribution >= 0.6 is 0 Å². The van der Waals surface area contributed by atoms with Gasteiger partial charge in [-0.05, 0) is 30.2 Å². The molecule has 1 amide bonds. The number of allylic oxidation sites excluding steroid dienone is 3. The molecule has 0 aromatic heterocycles. The van der Waals surface area contributed by atoms with Crippen molar-refractivity contribution in [3.63, 3.8) is 0 Å². The molecule has 5 heteroatoms. The van der Waals surface area contributed by atoms with Crippen LogP contribution in [0.1, 0.15) is 11.1 Å². The zero-order chi connectivity index (χ0) is 18.8. The molecule has 0 aliphatic carbocycles. The van der Waals surface area contributed by atoms with Crippen molar-refractivity contribution < 1.29 is 19.7 Å². The van der Waals surface area contributed by atoms with E-state index < -0.39 is 0 Å². The number of aryl methyl sites for hydroxylation is 1. The Kier molecular flexibility index (Phi) is 7.18. The quantitative estimate of drug-likeness (QED) is 0.436. The second-order valence-electron chi connectivity index (χ2n) is 5.50. The molecule has 0 aliphatic rings. The molecule has 0 saturated heterocycles. The van der Waals surface area contributed by atoms with Gasteiger partial charge in [-0.2, -0.15) is 0 Å². The maximum atomic E-state index is 12.2. The van der Waals surface area contributed by atoms with Gasteiger partial charge in [0, 0.05) is 11.6 Å². The van der Waals surface area contributed by atoms with Gasteiger partial charge in [-0.15, -0.1) is 0 Å². The third-order valence-corrected chi connectivity index (χ3v) is 3.64. The Labute approximate surface area is 153 Å². The molecule has 0 heterocycles. The first-order chi connectivity index (χ1) is 12.7. The number of para-hydroxylation sites is 1. The molecule has 0 radical (unpaired) electrons. The van der Waals surface area contributed by atoms with E-state index in [-0.39, 0.29) is 12.5 Å². The van der Waals surface area contributed by atoms with Crippen molar-refractivity contribution in [2.24, 2.45) is 0 Å². The fourth-order valence-electron chi connectivity index (χ4n) is 2.35. The summed E-state index contributed by atoms with van der Waals surface area (Å²) in [7, 11) is 1.57. The van der Waals surface area contributed by atoms with Crippen LogP contribution in [-0.2, 0) is 9.53 Å². The van der Waals surface area contributed by atoms with Gasteiger partial charge in [0.05, 0.1) is 19.1 Å². The maximum absolute atomic E-state index is 12.2. The van der Waals surface area contributed by atoms with Gasteiger partial charge in [0.25, 0.3) is 5.91 Å². The Morgan fingerprint density at radius 1 is 1.15 bits per heavy atom. The van der Waals surface area contributed by atoms with Crippen LogP contribution in [0.25, 0.3) is 5.57 Å². The van der Waals surface area contributed by atoms with E-state index in [1.165, 1.54) is 6.21 Å². The standard InChI is InChI=1S/C21H22N2O3/c1-16-8-6-12-19(25-2)21(16)23-20(24)15-26-14-18(11-7-13-22)17-9-4-3-5-10-17/h3-14,22H,15H2,1-2H3,(H,23,24)/p+1/b11-7-,18-14+,22-13?. The van der Waals surface area contributed by atoms with Crippen LogP contribution in [0.4, 0.5) is 5.69 Å². The Morgan fingerprint density at radius 2 is 1.92 bits per heavy atom. The average Bonchev–Trinajstić information content (AvgIpc) is 2.66. The van der Waals surface area contributed by atoms with E-state index in [9.17, 15) is 4.79 Å². The lowest BCUT2D eigenvalue weighted by Crippen LogP contribution is -2.28. The Morgan fingerprint density at radius 3 is 2.62 bits per heavy atom. The number of nitrogens with two attached hydrogens (primary N) is 1. The average molecular weight is 351 g/mol. The van der Waals surface area contributed by atoms with E-state index in [4.69, 9.17) is 14.9 Å². The van der Waals surface area contributed by atoms with Gasteiger partial charge in [0.15, 0.2) is 12.8 Å². The third-order valence-electron chi connectivity index (χ3n) is 3.64. The predicted octanol–water partition coefficient (Wildman–Crippen LogP) is 2.39. The molecule has 5 nitrogen and oxygen atoms in total. The molecule has 0 spiro atoms. The van der Waals surface area contributed by atoms with Crippen LogP contribution in [0.15, 0.2) is 66.9 Å². The number of amides is 1. The number of hydrogen-bond donors (Lipinski definition) is 2. The Hall–Kier alpha value is -3.34. The van der Waals surface area contributed by atoms with Crippen LogP contribution in [0, 0.1) is 6.92 Å². The largest absolute Gasteiger partial charge is 0.495 e. The summed E-state index contributed by atoms with van der Waals surface area (Å²) < 4.78 is 10.8. The molecule has 2 aromatic rings. The summed E-state index contributed by atoms with van der Waals surface area (Å²) in [4.78, 5) is 12.2. The molecule has 0 unspecified atom stereocenters. The molecule has 2 rings (SSSR count). The summed E-state index contributed by atoms with van der Waals surface area (Å²) in [5, 5.41) is 8.23. The highest BCUT2D eigenvalue weighted by atomic mass is 16.5. The fraction of sp³-hybridized carbons (Fsp3) is 0.143. The molecule has 0 fully saturated rings. The highest BCUT2D eigenvalue weighted by molar-refractivity contribution is 5.94. The van der Waals surface area contributed by atoms with E-state index in [0.717, 1.165) is 16.7 Å². The number of carbonyl (C=O) groups is 1. The van der Waals surface area contributed by atoms with Crippen LogP contribution in [-0.4, -0.2) is 25.8 Å². The summed E-state index contributed by atoms with van der Waals surface area (Å²) in [5.41, 5.74) is 3.34. The van der Waals surface area contributed by atoms with Crippen molar-refractivity contribution in [3.8, 4) is 5.75 Å². The maximum Gasteiger partial charge on any atom is 0.262 e. The number of rotatable bonds is 8. The van der Waals surface area contributed by atoms with E-state index in [1.54, 1.807) is 25.5 Å². The number of carbonyl (C=O) groups excluding carboxylic acids is 1. The van der Waals surface area contributed by atoms with Crippen LogP contribution in [0.2, 0.25) is 0 Å². The molecule has 0 bridgehead atoms. The monoisotopic (exact) mass is 351 g/mol. The number of methoxy groups -OCH3 is 1. The number of anilines is 1. The minimum atomic E-state index is -0.268. The SMILES string of the molecule is COc1cccc(C)c1NC(=O)CO/C=C(\C=C/C=[NH2+])c1ccccc1. The summed E-state index contributed by atoms with van der Waals surface area (Å²) in [6, 6.07) is 15.3.